The van der Waals surface area contributed by atoms with Crippen LogP contribution >= 0.6 is 11.6 Å². The molecule has 1 aliphatic rings. The number of aromatic nitrogens is 2. The highest BCUT2D eigenvalue weighted by atomic mass is 35.5. The monoisotopic (exact) mass is 375 g/mol. The summed E-state index contributed by atoms with van der Waals surface area (Å²) in [5.41, 5.74) is 3.07. The molecular formula is C18H23BClN3O3. The first-order valence-electron chi connectivity index (χ1n) is 8.72. The van der Waals surface area contributed by atoms with Crippen molar-refractivity contribution in [1.29, 1.82) is 0 Å². The maximum absolute atomic E-state index is 13.1. The first-order chi connectivity index (χ1) is 12.5. The van der Waals surface area contributed by atoms with Gasteiger partial charge in [-0.15, -0.1) is 0 Å². The number of nitrogens with zero attached hydrogens (tertiary/aromatic N) is 3. The van der Waals surface area contributed by atoms with Gasteiger partial charge in [0.05, 0.1) is 19.8 Å². The van der Waals surface area contributed by atoms with Crippen molar-refractivity contribution in [3.05, 3.63) is 39.4 Å². The second-order valence-electron chi connectivity index (χ2n) is 6.47. The van der Waals surface area contributed by atoms with Gasteiger partial charge in [0.15, 0.2) is 0 Å². The van der Waals surface area contributed by atoms with Crippen LogP contribution in [0.15, 0.2) is 23.1 Å². The van der Waals surface area contributed by atoms with Gasteiger partial charge in [-0.25, -0.2) is 4.98 Å². The molecule has 1 atom stereocenters. The summed E-state index contributed by atoms with van der Waals surface area (Å²) in [5, 5.41) is 0.300. The molecule has 1 aromatic carbocycles. The molecule has 0 spiro atoms. The van der Waals surface area contributed by atoms with Crippen LogP contribution in [0.1, 0.15) is 24.9 Å². The van der Waals surface area contributed by atoms with Gasteiger partial charge in [0.1, 0.15) is 18.7 Å². The Hall–Kier alpha value is -1.99. The number of halogens is 1. The molecule has 0 saturated heterocycles. The van der Waals surface area contributed by atoms with E-state index >= 15 is 0 Å². The zero-order valence-corrected chi connectivity index (χ0v) is 16.3. The molecule has 6 nitrogen and oxygen atoms in total. The first kappa shape index (κ1) is 18.8. The maximum Gasteiger partial charge on any atom is 0.294 e. The van der Waals surface area contributed by atoms with Crippen molar-refractivity contribution in [2.75, 3.05) is 32.3 Å². The van der Waals surface area contributed by atoms with Gasteiger partial charge in [0.2, 0.25) is 5.82 Å². The molecule has 0 aliphatic carbocycles. The van der Waals surface area contributed by atoms with Crippen molar-refractivity contribution in [2.24, 2.45) is 0 Å². The molecule has 138 valence electrons. The van der Waals surface area contributed by atoms with Crippen LogP contribution in [-0.4, -0.2) is 44.8 Å². The minimum absolute atomic E-state index is 0.0780. The van der Waals surface area contributed by atoms with Crippen LogP contribution in [0.5, 0.6) is 5.75 Å². The largest absolute Gasteiger partial charge is 0.497 e. The van der Waals surface area contributed by atoms with Crippen molar-refractivity contribution < 1.29 is 9.47 Å². The van der Waals surface area contributed by atoms with Crippen molar-refractivity contribution in [3.63, 3.8) is 0 Å². The van der Waals surface area contributed by atoms with E-state index in [1.165, 1.54) is 0 Å². The number of anilines is 2. The van der Waals surface area contributed by atoms with Crippen molar-refractivity contribution in [3.8, 4) is 5.75 Å². The van der Waals surface area contributed by atoms with Gasteiger partial charge in [-0.2, -0.15) is 0 Å². The predicted octanol–water partition coefficient (Wildman–Crippen LogP) is 1.46. The third kappa shape index (κ3) is 3.33. The van der Waals surface area contributed by atoms with Crippen molar-refractivity contribution in [2.45, 2.75) is 25.8 Å². The molecule has 0 radical (unpaired) electrons. The summed E-state index contributed by atoms with van der Waals surface area (Å²) < 4.78 is 12.3. The number of rotatable bonds is 6. The first-order valence-corrected chi connectivity index (χ1v) is 9.10. The van der Waals surface area contributed by atoms with Crippen molar-refractivity contribution in [1.82, 2.24) is 9.55 Å². The number of ether oxygens (including phenoxy) is 2. The molecule has 0 saturated carbocycles. The molecule has 1 aliphatic heterocycles. The van der Waals surface area contributed by atoms with Crippen LogP contribution in [0.3, 0.4) is 0 Å². The third-order valence-corrected chi connectivity index (χ3v) is 5.01. The quantitative estimate of drug-likeness (QED) is 0.716. The molecule has 0 amide bonds. The number of hydrogen-bond donors (Lipinski definition) is 0. The number of benzene rings is 1. The van der Waals surface area contributed by atoms with Crippen molar-refractivity contribution >= 4 is 36.4 Å². The zero-order valence-electron chi connectivity index (χ0n) is 15.6. The molecule has 0 bridgehead atoms. The third-order valence-electron chi connectivity index (χ3n) is 4.83. The lowest BCUT2D eigenvalue weighted by Crippen LogP contribution is -2.34. The van der Waals surface area contributed by atoms with E-state index in [4.69, 9.17) is 21.1 Å². The molecule has 0 fully saturated rings. The Morgan fingerprint density at radius 3 is 2.81 bits per heavy atom. The summed E-state index contributed by atoms with van der Waals surface area (Å²) in [6.07, 6.45) is 3.19. The summed E-state index contributed by atoms with van der Waals surface area (Å²) in [6.45, 7) is 3.15. The minimum Gasteiger partial charge on any atom is -0.497 e. The van der Waals surface area contributed by atoms with E-state index in [1.807, 2.05) is 31.8 Å². The van der Waals surface area contributed by atoms with Gasteiger partial charge in [-0.05, 0) is 30.5 Å². The van der Waals surface area contributed by atoms with E-state index in [1.54, 1.807) is 25.0 Å². The van der Waals surface area contributed by atoms with Crippen LogP contribution in [0.2, 0.25) is 5.15 Å². The molecule has 2 heterocycles. The lowest BCUT2D eigenvalue weighted by Gasteiger charge is -2.23. The highest BCUT2D eigenvalue weighted by Crippen LogP contribution is 2.33. The Morgan fingerprint density at radius 1 is 1.38 bits per heavy atom. The lowest BCUT2D eigenvalue weighted by atomic mass is 9.91. The smallest absolute Gasteiger partial charge is 0.294 e. The lowest BCUT2D eigenvalue weighted by molar-refractivity contribution is 0.151. The van der Waals surface area contributed by atoms with Crippen LogP contribution < -0.4 is 20.7 Å². The zero-order chi connectivity index (χ0) is 18.8. The Bertz CT molecular complexity index is 871. The molecular weight excluding hydrogens is 352 g/mol. The van der Waals surface area contributed by atoms with Gasteiger partial charge < -0.3 is 18.9 Å². The number of methoxy groups -OCH3 is 2. The van der Waals surface area contributed by atoms with Gasteiger partial charge in [-0.3, -0.25) is 4.79 Å². The summed E-state index contributed by atoms with van der Waals surface area (Å²) in [5.74, 6) is 1.18. The second-order valence-corrected chi connectivity index (χ2v) is 6.86. The normalized spacial score (nSPS) is 14.4. The standard InChI is InChI=1S/C18H23BClN3O3/c1-4-12(10-25-2)23-9-15(20)21-17(18(23)24)22-6-5-11-7-13(26-3)8-14(19)16(11)22/h7-9,12H,4-6,10,19H2,1-3H3/t12-/m0/s1. The highest BCUT2D eigenvalue weighted by Gasteiger charge is 2.28. The van der Waals surface area contributed by atoms with Crippen LogP contribution in [0.4, 0.5) is 11.5 Å². The Labute approximate surface area is 159 Å². The molecule has 8 heteroatoms. The highest BCUT2D eigenvalue weighted by molar-refractivity contribution is 6.36. The molecule has 0 N–H and O–H groups in total. The molecule has 2 aromatic rings. The summed E-state index contributed by atoms with van der Waals surface area (Å²) in [4.78, 5) is 19.5. The predicted molar refractivity (Wildman–Crippen MR) is 107 cm³/mol. The van der Waals surface area contributed by atoms with E-state index in [9.17, 15) is 4.79 Å². The minimum atomic E-state index is -0.152. The van der Waals surface area contributed by atoms with E-state index in [0.717, 1.165) is 35.3 Å². The fourth-order valence-electron chi connectivity index (χ4n) is 3.57. The van der Waals surface area contributed by atoms with Crippen LogP contribution in [-0.2, 0) is 11.2 Å². The summed E-state index contributed by atoms with van der Waals surface area (Å²) in [6, 6.07) is 3.91. The fraction of sp³-hybridized carbons (Fsp3) is 0.444. The van der Waals surface area contributed by atoms with Gasteiger partial charge >= 0.3 is 0 Å². The number of hydrogen-bond acceptors (Lipinski definition) is 5. The van der Waals surface area contributed by atoms with Gasteiger partial charge in [0.25, 0.3) is 5.56 Å². The van der Waals surface area contributed by atoms with E-state index in [2.05, 4.69) is 4.98 Å². The molecule has 0 unspecified atom stereocenters. The maximum atomic E-state index is 13.1. The second kappa shape index (κ2) is 7.72. The topological polar surface area (TPSA) is 56.6 Å². The van der Waals surface area contributed by atoms with Crippen LogP contribution in [0.25, 0.3) is 0 Å². The van der Waals surface area contributed by atoms with E-state index in [-0.39, 0.29) is 11.6 Å². The molecule has 3 rings (SSSR count). The Kier molecular flexibility index (Phi) is 5.58. The molecule has 1 aromatic heterocycles. The average Bonchev–Trinajstić information content (AvgIpc) is 3.05. The molecule has 26 heavy (non-hydrogen) atoms. The Morgan fingerprint density at radius 2 is 2.15 bits per heavy atom. The summed E-state index contributed by atoms with van der Waals surface area (Å²) >= 11 is 6.26. The Balaban J connectivity index is 2.10. The van der Waals surface area contributed by atoms with Crippen LogP contribution in [0, 0.1) is 0 Å². The SMILES string of the molecule is Bc1cc(OC)cc2c1N(c1nc(Cl)cn([C@@H](CC)COC)c1=O)CC2. The van der Waals surface area contributed by atoms with E-state index < -0.39 is 0 Å². The van der Waals surface area contributed by atoms with Gasteiger partial charge in [0, 0.05) is 25.5 Å². The van der Waals surface area contributed by atoms with Gasteiger partial charge in [-0.1, -0.05) is 24.0 Å². The van der Waals surface area contributed by atoms with E-state index in [0.29, 0.717) is 24.1 Å². The summed E-state index contributed by atoms with van der Waals surface area (Å²) in [7, 11) is 5.30. The average molecular weight is 376 g/mol. The fourth-order valence-corrected chi connectivity index (χ4v) is 3.75. The number of fused-ring (bicyclic) bond motifs is 1.